The first-order valence-electron chi connectivity index (χ1n) is 8.93. The first-order valence-corrected chi connectivity index (χ1v) is 8.93. The second-order valence-corrected chi connectivity index (χ2v) is 6.43. The number of fused-ring (bicyclic) bond motifs is 1. The number of amides is 2. The van der Waals surface area contributed by atoms with Gasteiger partial charge in [-0.1, -0.05) is 18.2 Å². The van der Waals surface area contributed by atoms with Crippen LogP contribution in [0.15, 0.2) is 42.5 Å². The van der Waals surface area contributed by atoms with Crippen molar-refractivity contribution < 1.29 is 23.9 Å². The van der Waals surface area contributed by atoms with Crippen LogP contribution in [0.4, 0.5) is 5.69 Å². The van der Waals surface area contributed by atoms with Crippen LogP contribution in [0.5, 0.6) is 11.5 Å². The second-order valence-electron chi connectivity index (χ2n) is 6.43. The molecule has 1 heterocycles. The van der Waals surface area contributed by atoms with Crippen molar-refractivity contribution in [1.29, 1.82) is 0 Å². The van der Waals surface area contributed by atoms with E-state index in [1.54, 1.807) is 45.4 Å². The quantitative estimate of drug-likeness (QED) is 0.740. The summed E-state index contributed by atoms with van der Waals surface area (Å²) in [6, 6.07) is 11.5. The molecule has 0 radical (unpaired) electrons. The molecule has 1 aliphatic heterocycles. The van der Waals surface area contributed by atoms with Crippen LogP contribution in [-0.2, 0) is 16.0 Å². The van der Waals surface area contributed by atoms with Gasteiger partial charge in [-0.25, -0.2) is 0 Å². The van der Waals surface area contributed by atoms with E-state index in [4.69, 9.17) is 9.47 Å². The molecule has 0 aliphatic carbocycles. The van der Waals surface area contributed by atoms with Crippen LogP contribution < -0.4 is 19.7 Å². The molecule has 2 amide bonds. The minimum absolute atomic E-state index is 0.321. The number of anilines is 1. The first kappa shape index (κ1) is 19.4. The largest absolute Gasteiger partial charge is 0.493 e. The fourth-order valence-electron chi connectivity index (χ4n) is 3.23. The molecule has 0 bridgehead atoms. The van der Waals surface area contributed by atoms with Crippen LogP contribution >= 0.6 is 0 Å². The molecule has 0 saturated carbocycles. The molecule has 7 nitrogen and oxygen atoms in total. The summed E-state index contributed by atoms with van der Waals surface area (Å²) >= 11 is 0. The highest BCUT2D eigenvalue weighted by Crippen LogP contribution is 2.30. The first-order chi connectivity index (χ1) is 13.5. The topological polar surface area (TPSA) is 84.9 Å². The highest BCUT2D eigenvalue weighted by molar-refractivity contribution is 6.52. The summed E-state index contributed by atoms with van der Waals surface area (Å²) in [6.07, 6.45) is 0.586. The molecule has 1 aliphatic rings. The van der Waals surface area contributed by atoms with Crippen molar-refractivity contribution in [2.24, 2.45) is 0 Å². The van der Waals surface area contributed by atoms with Gasteiger partial charge in [0.15, 0.2) is 11.5 Å². The number of rotatable bonds is 7. The molecule has 1 atom stereocenters. The molecule has 1 unspecified atom stereocenters. The van der Waals surface area contributed by atoms with Crippen LogP contribution in [0.2, 0.25) is 0 Å². The predicted octanol–water partition coefficient (Wildman–Crippen LogP) is 1.98. The molecule has 2 aromatic carbocycles. The van der Waals surface area contributed by atoms with E-state index in [-0.39, 0.29) is 5.91 Å². The molecule has 2 aromatic rings. The number of carbonyl (C=O) groups is 3. The summed E-state index contributed by atoms with van der Waals surface area (Å²) in [5.74, 6) is -0.320. The zero-order valence-corrected chi connectivity index (χ0v) is 16.0. The van der Waals surface area contributed by atoms with Gasteiger partial charge in [0.2, 0.25) is 5.91 Å². The molecule has 1 N–H and O–H groups in total. The smallest absolute Gasteiger partial charge is 0.300 e. The summed E-state index contributed by atoms with van der Waals surface area (Å²) in [6.45, 7) is 2.00. The maximum absolute atomic E-state index is 12.5. The number of nitrogens with zero attached hydrogens (tertiary/aromatic N) is 1. The Bertz CT molecular complexity index is 925. The average molecular weight is 382 g/mol. The van der Waals surface area contributed by atoms with Gasteiger partial charge in [0.05, 0.1) is 25.5 Å². The lowest BCUT2D eigenvalue weighted by Gasteiger charge is -2.23. The number of benzene rings is 2. The third-order valence-electron chi connectivity index (χ3n) is 4.75. The summed E-state index contributed by atoms with van der Waals surface area (Å²) in [5, 5.41) is 2.82. The van der Waals surface area contributed by atoms with E-state index in [1.807, 2.05) is 18.2 Å². The predicted molar refractivity (Wildman–Crippen MR) is 104 cm³/mol. The Morgan fingerprint density at radius 2 is 1.79 bits per heavy atom. The normalized spacial score (nSPS) is 13.9. The van der Waals surface area contributed by atoms with Gasteiger partial charge in [0.1, 0.15) is 6.04 Å². The zero-order chi connectivity index (χ0) is 20.3. The van der Waals surface area contributed by atoms with E-state index in [0.29, 0.717) is 35.7 Å². The number of carbonyl (C=O) groups excluding carboxylic acids is 3. The molecule has 3 rings (SSSR count). The molecule has 0 fully saturated rings. The SMILES string of the molecule is COc1ccc(CCNC(=O)C(C)N2C(=O)C(=O)c3ccccc32)cc1OC. The van der Waals surface area contributed by atoms with Gasteiger partial charge in [-0.05, 0) is 43.2 Å². The number of ether oxygens (including phenoxy) is 2. The monoisotopic (exact) mass is 382 g/mol. The molecule has 7 heteroatoms. The summed E-state index contributed by atoms with van der Waals surface area (Å²) in [7, 11) is 3.14. The summed E-state index contributed by atoms with van der Waals surface area (Å²) < 4.78 is 10.5. The van der Waals surface area contributed by atoms with Crippen LogP contribution in [0.25, 0.3) is 0 Å². The van der Waals surface area contributed by atoms with Crippen LogP contribution in [-0.4, -0.2) is 44.4 Å². The van der Waals surface area contributed by atoms with Crippen LogP contribution in [0.1, 0.15) is 22.8 Å². The molecular weight excluding hydrogens is 360 g/mol. The number of hydrogen-bond donors (Lipinski definition) is 1. The molecule has 28 heavy (non-hydrogen) atoms. The number of nitrogens with one attached hydrogen (secondary N) is 1. The highest BCUT2D eigenvalue weighted by atomic mass is 16.5. The Morgan fingerprint density at radius 3 is 2.50 bits per heavy atom. The van der Waals surface area contributed by atoms with Gasteiger partial charge in [0, 0.05) is 6.54 Å². The Morgan fingerprint density at radius 1 is 1.07 bits per heavy atom. The number of hydrogen-bond acceptors (Lipinski definition) is 5. The maximum Gasteiger partial charge on any atom is 0.300 e. The molecule has 146 valence electrons. The summed E-state index contributed by atoms with van der Waals surface area (Å²) in [4.78, 5) is 38.2. The molecule has 0 spiro atoms. The van der Waals surface area contributed by atoms with E-state index in [0.717, 1.165) is 5.56 Å². The van der Waals surface area contributed by atoms with Crippen molar-refractivity contribution in [2.45, 2.75) is 19.4 Å². The van der Waals surface area contributed by atoms with Crippen molar-refractivity contribution in [3.05, 3.63) is 53.6 Å². The van der Waals surface area contributed by atoms with Crippen LogP contribution in [0, 0.1) is 0 Å². The van der Waals surface area contributed by atoms with Crippen molar-refractivity contribution >= 4 is 23.3 Å². The lowest BCUT2D eigenvalue weighted by Crippen LogP contribution is -2.48. The average Bonchev–Trinajstić information content (AvgIpc) is 2.97. The zero-order valence-electron chi connectivity index (χ0n) is 16.0. The van der Waals surface area contributed by atoms with E-state index >= 15 is 0 Å². The fourth-order valence-corrected chi connectivity index (χ4v) is 3.23. The standard InChI is InChI=1S/C21H22N2O5/c1-13(23-16-7-5-4-6-15(16)19(24)21(23)26)20(25)22-11-10-14-8-9-17(27-2)18(12-14)28-3/h4-9,12-13H,10-11H2,1-3H3,(H,22,25). The van der Waals surface area contributed by atoms with E-state index in [9.17, 15) is 14.4 Å². The minimum atomic E-state index is -0.787. The third-order valence-corrected chi connectivity index (χ3v) is 4.75. The number of Topliss-reactive ketones (excluding diaryl/α,β-unsaturated/α-hetero) is 1. The Balaban J connectivity index is 1.63. The number of para-hydroxylation sites is 1. The Kier molecular flexibility index (Phi) is 5.63. The molecule has 0 aromatic heterocycles. The van der Waals surface area contributed by atoms with Crippen molar-refractivity contribution in [2.75, 3.05) is 25.7 Å². The van der Waals surface area contributed by atoms with Crippen molar-refractivity contribution in [3.63, 3.8) is 0 Å². The van der Waals surface area contributed by atoms with E-state index < -0.39 is 17.7 Å². The lowest BCUT2D eigenvalue weighted by molar-refractivity contribution is -0.124. The third kappa shape index (κ3) is 3.55. The van der Waals surface area contributed by atoms with Crippen LogP contribution in [0.3, 0.4) is 0 Å². The number of ketones is 1. The minimum Gasteiger partial charge on any atom is -0.493 e. The lowest BCUT2D eigenvalue weighted by atomic mass is 10.1. The molecule has 0 saturated heterocycles. The van der Waals surface area contributed by atoms with Gasteiger partial charge in [-0.3, -0.25) is 19.3 Å². The number of methoxy groups -OCH3 is 2. The second kappa shape index (κ2) is 8.12. The van der Waals surface area contributed by atoms with E-state index in [1.165, 1.54) is 4.90 Å². The van der Waals surface area contributed by atoms with Gasteiger partial charge in [0.25, 0.3) is 11.7 Å². The maximum atomic E-state index is 12.5. The fraction of sp³-hybridized carbons (Fsp3) is 0.286. The molecular formula is C21H22N2O5. The van der Waals surface area contributed by atoms with Crippen molar-refractivity contribution in [1.82, 2.24) is 5.32 Å². The van der Waals surface area contributed by atoms with Gasteiger partial charge < -0.3 is 14.8 Å². The Hall–Kier alpha value is -3.35. The van der Waals surface area contributed by atoms with E-state index in [2.05, 4.69) is 5.32 Å². The van der Waals surface area contributed by atoms with Gasteiger partial charge in [-0.15, -0.1) is 0 Å². The van der Waals surface area contributed by atoms with Crippen molar-refractivity contribution in [3.8, 4) is 11.5 Å². The van der Waals surface area contributed by atoms with Gasteiger partial charge >= 0.3 is 0 Å². The highest BCUT2D eigenvalue weighted by Gasteiger charge is 2.40. The van der Waals surface area contributed by atoms with Gasteiger partial charge in [-0.2, -0.15) is 0 Å². The Labute approximate surface area is 163 Å². The summed E-state index contributed by atoms with van der Waals surface area (Å²) in [5.41, 5.74) is 1.78.